The van der Waals surface area contributed by atoms with Gasteiger partial charge in [0, 0.05) is 50.7 Å². The number of amides is 3. The second-order valence-electron chi connectivity index (χ2n) is 11.5. The van der Waals surface area contributed by atoms with Crippen LogP contribution in [0.15, 0.2) is 36.4 Å². The first kappa shape index (κ1) is 32.6. The van der Waals surface area contributed by atoms with E-state index in [1.807, 2.05) is 30.3 Å². The molecule has 0 saturated carbocycles. The Kier molecular flexibility index (Phi) is 11.1. The molecule has 2 saturated heterocycles. The number of carbonyl (C=O) groups excluding carboxylic acids is 4. The maximum absolute atomic E-state index is 13.7. The molecule has 2 fully saturated rings. The van der Waals surface area contributed by atoms with Gasteiger partial charge in [0.15, 0.2) is 5.82 Å². The predicted octanol–water partition coefficient (Wildman–Crippen LogP) is 2.83. The van der Waals surface area contributed by atoms with E-state index in [9.17, 15) is 19.2 Å². The number of rotatable bonds is 10. The lowest BCUT2D eigenvalue weighted by atomic mass is 10.1. The first-order valence-corrected chi connectivity index (χ1v) is 14.9. The van der Waals surface area contributed by atoms with E-state index in [4.69, 9.17) is 18.9 Å². The van der Waals surface area contributed by atoms with Crippen LogP contribution in [-0.2, 0) is 23.8 Å². The van der Waals surface area contributed by atoms with Gasteiger partial charge in [0.05, 0.1) is 19.8 Å². The van der Waals surface area contributed by atoms with Crippen molar-refractivity contribution in [1.82, 2.24) is 25.1 Å². The molecular formula is C31H41N5O8. The van der Waals surface area contributed by atoms with Crippen molar-refractivity contribution in [3.8, 4) is 17.3 Å². The van der Waals surface area contributed by atoms with Crippen LogP contribution in [0.5, 0.6) is 5.88 Å². The van der Waals surface area contributed by atoms with Gasteiger partial charge in [-0.15, -0.1) is 0 Å². The number of ether oxygens (including phenoxy) is 4. The highest BCUT2D eigenvalue weighted by atomic mass is 16.6. The summed E-state index contributed by atoms with van der Waals surface area (Å²) in [6, 6.07) is 9.57. The minimum absolute atomic E-state index is 0.00923. The van der Waals surface area contributed by atoms with E-state index in [0.29, 0.717) is 31.0 Å². The number of esters is 1. The normalized spacial score (nSPS) is 17.5. The Hall–Kier alpha value is -4.26. The Morgan fingerprint density at radius 3 is 2.39 bits per heavy atom. The summed E-state index contributed by atoms with van der Waals surface area (Å²) in [6.07, 6.45) is -0.0323. The minimum atomic E-state index is -1.05. The molecule has 2 unspecified atom stereocenters. The van der Waals surface area contributed by atoms with Crippen LogP contribution in [0.1, 0.15) is 57.4 Å². The van der Waals surface area contributed by atoms with Gasteiger partial charge in [-0.25, -0.2) is 9.78 Å². The molecule has 0 spiro atoms. The van der Waals surface area contributed by atoms with Gasteiger partial charge in [0.1, 0.15) is 23.4 Å². The zero-order valence-electron chi connectivity index (χ0n) is 25.7. The lowest BCUT2D eigenvalue weighted by Gasteiger charge is -2.36. The number of hydrogen-bond donors (Lipinski definition) is 1. The topological polar surface area (TPSA) is 149 Å². The molecular weight excluding hydrogens is 570 g/mol. The van der Waals surface area contributed by atoms with Crippen LogP contribution in [0.2, 0.25) is 0 Å². The average molecular weight is 612 g/mol. The van der Waals surface area contributed by atoms with Gasteiger partial charge in [-0.3, -0.25) is 14.4 Å². The number of hydrogen-bond acceptors (Lipinski definition) is 10. The van der Waals surface area contributed by atoms with Crippen molar-refractivity contribution >= 4 is 23.9 Å². The number of aromatic nitrogens is 2. The molecule has 2 aromatic rings. The molecule has 13 nitrogen and oxygen atoms in total. The molecule has 2 aliphatic rings. The van der Waals surface area contributed by atoms with E-state index in [-0.39, 0.29) is 69.2 Å². The molecule has 2 aliphatic heterocycles. The van der Waals surface area contributed by atoms with Gasteiger partial charge >= 0.3 is 12.1 Å². The summed E-state index contributed by atoms with van der Waals surface area (Å²) in [5, 5.41) is 2.79. The van der Waals surface area contributed by atoms with Crippen molar-refractivity contribution in [1.29, 1.82) is 0 Å². The number of piperazine rings is 1. The largest absolute Gasteiger partial charge is 0.472 e. The molecule has 13 heteroatoms. The molecule has 44 heavy (non-hydrogen) atoms. The smallest absolute Gasteiger partial charge is 0.409 e. The molecule has 3 amide bonds. The van der Waals surface area contributed by atoms with Crippen molar-refractivity contribution in [3.63, 3.8) is 0 Å². The standard InChI is InChI=1S/C31H41N5O8/c1-5-42-30(40)36-16-14-35(15-17-36)29(39)23(11-12-26(37)44-31(2,3)4)33-28(38)24-19-25(43-22-13-18-41-20-22)34-27(32-24)21-9-7-6-8-10-21/h6-10,19,22-23H,5,11-18,20H2,1-4H3,(H,33,38). The Morgan fingerprint density at radius 2 is 1.75 bits per heavy atom. The van der Waals surface area contributed by atoms with Gasteiger partial charge in [-0.2, -0.15) is 4.98 Å². The van der Waals surface area contributed by atoms with Crippen LogP contribution < -0.4 is 10.1 Å². The lowest BCUT2D eigenvalue weighted by molar-refractivity contribution is -0.155. The molecule has 238 valence electrons. The quantitative estimate of drug-likeness (QED) is 0.398. The summed E-state index contributed by atoms with van der Waals surface area (Å²) >= 11 is 0. The third kappa shape index (κ3) is 9.37. The van der Waals surface area contributed by atoms with Gasteiger partial charge < -0.3 is 34.1 Å². The Morgan fingerprint density at radius 1 is 1.05 bits per heavy atom. The van der Waals surface area contributed by atoms with E-state index < -0.39 is 29.6 Å². The van der Waals surface area contributed by atoms with E-state index in [2.05, 4.69) is 15.3 Å². The zero-order chi connectivity index (χ0) is 31.7. The highest BCUT2D eigenvalue weighted by Crippen LogP contribution is 2.22. The monoisotopic (exact) mass is 611 g/mol. The molecule has 0 aliphatic carbocycles. The highest BCUT2D eigenvalue weighted by Gasteiger charge is 2.32. The SMILES string of the molecule is CCOC(=O)N1CCN(C(=O)C(CCC(=O)OC(C)(C)C)NC(=O)c2cc(OC3CCOC3)nc(-c3ccccc3)n2)CC1. The fourth-order valence-electron chi connectivity index (χ4n) is 4.78. The van der Waals surface area contributed by atoms with Crippen LogP contribution in [-0.4, -0.2) is 107 Å². The first-order chi connectivity index (χ1) is 21.0. The lowest BCUT2D eigenvalue weighted by Crippen LogP contribution is -2.56. The van der Waals surface area contributed by atoms with Crippen LogP contribution in [0.3, 0.4) is 0 Å². The van der Waals surface area contributed by atoms with Gasteiger partial charge in [0.2, 0.25) is 11.8 Å². The molecule has 2 atom stereocenters. The number of benzene rings is 1. The summed E-state index contributed by atoms with van der Waals surface area (Å²) < 4.78 is 21.9. The van der Waals surface area contributed by atoms with Crippen LogP contribution in [0.25, 0.3) is 11.4 Å². The Bertz CT molecular complexity index is 1300. The molecule has 1 N–H and O–H groups in total. The zero-order valence-corrected chi connectivity index (χ0v) is 25.7. The van der Waals surface area contributed by atoms with E-state index in [0.717, 1.165) is 0 Å². The van der Waals surface area contributed by atoms with Crippen LogP contribution in [0.4, 0.5) is 4.79 Å². The summed E-state index contributed by atoms with van der Waals surface area (Å²) in [7, 11) is 0. The minimum Gasteiger partial charge on any atom is -0.472 e. The third-order valence-electron chi connectivity index (χ3n) is 6.92. The van der Waals surface area contributed by atoms with E-state index in [1.165, 1.54) is 11.0 Å². The fourth-order valence-corrected chi connectivity index (χ4v) is 4.78. The van der Waals surface area contributed by atoms with Crippen molar-refractivity contribution in [2.24, 2.45) is 0 Å². The van der Waals surface area contributed by atoms with E-state index in [1.54, 1.807) is 32.6 Å². The number of nitrogens with one attached hydrogen (secondary N) is 1. The number of nitrogens with zero attached hydrogens (tertiary/aromatic N) is 4. The van der Waals surface area contributed by atoms with Gasteiger partial charge in [-0.05, 0) is 34.1 Å². The maximum atomic E-state index is 13.7. The summed E-state index contributed by atoms with van der Waals surface area (Å²) in [4.78, 5) is 64.1. The second-order valence-corrected chi connectivity index (χ2v) is 11.5. The second kappa shape index (κ2) is 15.0. The van der Waals surface area contributed by atoms with Gasteiger partial charge in [-0.1, -0.05) is 30.3 Å². The molecule has 1 aromatic carbocycles. The van der Waals surface area contributed by atoms with Crippen LogP contribution >= 0.6 is 0 Å². The summed E-state index contributed by atoms with van der Waals surface area (Å²) in [5.41, 5.74) is 0.000367. The Labute approximate surface area is 257 Å². The van der Waals surface area contributed by atoms with Crippen molar-refractivity contribution in [3.05, 3.63) is 42.1 Å². The number of carbonyl (C=O) groups is 4. The van der Waals surface area contributed by atoms with Crippen LogP contribution in [0, 0.1) is 0 Å². The average Bonchev–Trinajstić information content (AvgIpc) is 3.51. The van der Waals surface area contributed by atoms with Crippen molar-refractivity contribution in [2.45, 2.75) is 64.7 Å². The Balaban J connectivity index is 1.54. The molecule has 4 rings (SSSR count). The predicted molar refractivity (Wildman–Crippen MR) is 159 cm³/mol. The third-order valence-corrected chi connectivity index (χ3v) is 6.92. The maximum Gasteiger partial charge on any atom is 0.409 e. The first-order valence-electron chi connectivity index (χ1n) is 14.9. The molecule has 0 bridgehead atoms. The molecule has 1 aromatic heterocycles. The van der Waals surface area contributed by atoms with Crippen molar-refractivity contribution in [2.75, 3.05) is 46.0 Å². The molecule has 0 radical (unpaired) electrons. The van der Waals surface area contributed by atoms with Gasteiger partial charge in [0.25, 0.3) is 5.91 Å². The van der Waals surface area contributed by atoms with E-state index >= 15 is 0 Å². The van der Waals surface area contributed by atoms with Crippen molar-refractivity contribution < 1.29 is 38.1 Å². The summed E-state index contributed by atoms with van der Waals surface area (Å²) in [5.74, 6) is -0.975. The summed E-state index contributed by atoms with van der Waals surface area (Å²) in [6.45, 7) is 9.33. The molecule has 3 heterocycles. The fraction of sp³-hybridized carbons (Fsp3) is 0.548. The highest BCUT2D eigenvalue weighted by molar-refractivity contribution is 5.96.